The molecule has 0 fully saturated rings. The average molecular weight is 281 g/mol. The molecule has 104 valence electrons. The monoisotopic (exact) mass is 281 g/mol. The Kier molecular flexibility index (Phi) is 3.23. The maximum absolute atomic E-state index is 13.5. The normalized spacial score (nSPS) is 10.5. The van der Waals surface area contributed by atoms with E-state index in [1.54, 1.807) is 12.1 Å². The zero-order chi connectivity index (χ0) is 14.8. The number of halogens is 1. The van der Waals surface area contributed by atoms with Crippen LogP contribution in [0.4, 0.5) is 15.8 Å². The lowest BCUT2D eigenvalue weighted by Crippen LogP contribution is -2.15. The van der Waals surface area contributed by atoms with Crippen LogP contribution in [0.2, 0.25) is 0 Å². The number of aromatic nitrogens is 1. The van der Waals surface area contributed by atoms with Crippen LogP contribution in [0.25, 0.3) is 10.8 Å². The second kappa shape index (κ2) is 5.20. The van der Waals surface area contributed by atoms with Gasteiger partial charge in [-0.05, 0) is 29.0 Å². The molecule has 1 heterocycles. The molecule has 21 heavy (non-hydrogen) atoms. The Morgan fingerprint density at radius 1 is 1.14 bits per heavy atom. The maximum Gasteiger partial charge on any atom is 0.257 e. The third-order valence-corrected chi connectivity index (χ3v) is 3.18. The number of carbonyl (C=O) groups excluding carboxylic acids is 1. The van der Waals surface area contributed by atoms with Gasteiger partial charge < -0.3 is 11.1 Å². The van der Waals surface area contributed by atoms with Crippen molar-refractivity contribution >= 4 is 28.1 Å². The van der Waals surface area contributed by atoms with Gasteiger partial charge in [0.2, 0.25) is 0 Å². The molecule has 3 rings (SSSR count). The number of benzene rings is 2. The Bertz CT molecular complexity index is 833. The van der Waals surface area contributed by atoms with Crippen molar-refractivity contribution in [3.05, 3.63) is 66.2 Å². The van der Waals surface area contributed by atoms with Crippen molar-refractivity contribution < 1.29 is 9.18 Å². The first kappa shape index (κ1) is 13.1. The molecule has 5 heteroatoms. The van der Waals surface area contributed by atoms with E-state index >= 15 is 0 Å². The number of nitrogens with one attached hydrogen (secondary N) is 1. The van der Waals surface area contributed by atoms with Gasteiger partial charge in [0.15, 0.2) is 5.82 Å². The molecule has 0 aliphatic carbocycles. The summed E-state index contributed by atoms with van der Waals surface area (Å²) in [7, 11) is 0. The number of anilines is 2. The number of nitrogens with two attached hydrogens (primary N) is 1. The second-order valence-corrected chi connectivity index (χ2v) is 4.60. The van der Waals surface area contributed by atoms with Crippen LogP contribution < -0.4 is 11.1 Å². The topological polar surface area (TPSA) is 68.0 Å². The largest absolute Gasteiger partial charge is 0.398 e. The van der Waals surface area contributed by atoms with Gasteiger partial charge in [0, 0.05) is 11.9 Å². The number of carbonyl (C=O) groups is 1. The maximum atomic E-state index is 13.5. The predicted molar refractivity (Wildman–Crippen MR) is 80.5 cm³/mol. The van der Waals surface area contributed by atoms with E-state index in [4.69, 9.17) is 5.73 Å². The summed E-state index contributed by atoms with van der Waals surface area (Å²) in [4.78, 5) is 15.9. The predicted octanol–water partition coefficient (Wildman–Crippen LogP) is 3.21. The SMILES string of the molecule is Nc1cc2ccccc2cc1C(=O)Nc1ccncc1F. The molecule has 0 aliphatic heterocycles. The zero-order valence-corrected chi connectivity index (χ0v) is 11.0. The highest BCUT2D eigenvalue weighted by molar-refractivity contribution is 6.10. The van der Waals surface area contributed by atoms with Crippen molar-refractivity contribution in [2.75, 3.05) is 11.1 Å². The number of nitrogens with zero attached hydrogens (tertiary/aromatic N) is 1. The summed E-state index contributed by atoms with van der Waals surface area (Å²) in [6.07, 6.45) is 2.45. The van der Waals surface area contributed by atoms with Gasteiger partial charge in [0.1, 0.15) is 0 Å². The van der Waals surface area contributed by atoms with Gasteiger partial charge >= 0.3 is 0 Å². The Morgan fingerprint density at radius 2 is 1.86 bits per heavy atom. The highest BCUT2D eigenvalue weighted by atomic mass is 19.1. The van der Waals surface area contributed by atoms with Crippen molar-refractivity contribution in [1.82, 2.24) is 4.98 Å². The third kappa shape index (κ3) is 2.53. The van der Waals surface area contributed by atoms with Gasteiger partial charge in [-0.25, -0.2) is 4.39 Å². The molecular weight excluding hydrogens is 269 g/mol. The molecule has 1 amide bonds. The zero-order valence-electron chi connectivity index (χ0n) is 11.0. The summed E-state index contributed by atoms with van der Waals surface area (Å²) >= 11 is 0. The van der Waals surface area contributed by atoms with Crippen molar-refractivity contribution in [2.24, 2.45) is 0 Å². The van der Waals surface area contributed by atoms with E-state index in [9.17, 15) is 9.18 Å². The van der Waals surface area contributed by atoms with Crippen LogP contribution in [0.1, 0.15) is 10.4 Å². The van der Waals surface area contributed by atoms with E-state index in [2.05, 4.69) is 10.3 Å². The molecule has 3 aromatic rings. The van der Waals surface area contributed by atoms with E-state index in [1.165, 1.54) is 12.3 Å². The van der Waals surface area contributed by atoms with Crippen molar-refractivity contribution in [3.63, 3.8) is 0 Å². The van der Waals surface area contributed by atoms with E-state index in [0.29, 0.717) is 11.3 Å². The molecule has 0 radical (unpaired) electrons. The summed E-state index contributed by atoms with van der Waals surface area (Å²) < 4.78 is 13.5. The number of hydrogen-bond acceptors (Lipinski definition) is 3. The van der Waals surface area contributed by atoms with Crippen LogP contribution >= 0.6 is 0 Å². The van der Waals surface area contributed by atoms with Crippen LogP contribution in [0.15, 0.2) is 54.9 Å². The van der Waals surface area contributed by atoms with Gasteiger partial charge in [0.05, 0.1) is 17.4 Å². The molecule has 0 aliphatic rings. The van der Waals surface area contributed by atoms with Crippen LogP contribution in [0, 0.1) is 5.82 Å². The van der Waals surface area contributed by atoms with E-state index in [1.807, 2.05) is 24.3 Å². The minimum absolute atomic E-state index is 0.0718. The fraction of sp³-hybridized carbons (Fsp3) is 0. The molecule has 0 unspecified atom stereocenters. The lowest BCUT2D eigenvalue weighted by molar-refractivity contribution is 0.102. The summed E-state index contributed by atoms with van der Waals surface area (Å²) in [5, 5.41) is 4.34. The lowest BCUT2D eigenvalue weighted by Gasteiger charge is -2.09. The number of hydrogen-bond donors (Lipinski definition) is 2. The van der Waals surface area contributed by atoms with Crippen LogP contribution in [-0.4, -0.2) is 10.9 Å². The highest BCUT2D eigenvalue weighted by Gasteiger charge is 2.13. The molecule has 0 saturated heterocycles. The summed E-state index contributed by atoms with van der Waals surface area (Å²) in [6.45, 7) is 0. The number of nitrogen functional groups attached to an aromatic ring is 1. The number of amides is 1. The third-order valence-electron chi connectivity index (χ3n) is 3.18. The molecule has 0 spiro atoms. The first-order valence-electron chi connectivity index (χ1n) is 6.34. The van der Waals surface area contributed by atoms with Crippen molar-refractivity contribution in [1.29, 1.82) is 0 Å². The van der Waals surface area contributed by atoms with Gasteiger partial charge in [0.25, 0.3) is 5.91 Å². The number of fused-ring (bicyclic) bond motifs is 1. The molecule has 1 aromatic heterocycles. The molecule has 0 atom stereocenters. The lowest BCUT2D eigenvalue weighted by atomic mass is 10.0. The smallest absolute Gasteiger partial charge is 0.257 e. The summed E-state index contributed by atoms with van der Waals surface area (Å²) in [6, 6.07) is 12.4. The standard InChI is InChI=1S/C16H12FN3O/c17-13-9-19-6-5-15(13)20-16(21)12-7-10-3-1-2-4-11(10)8-14(12)18/h1-9H,18H2,(H,19,20,21). The van der Waals surface area contributed by atoms with Crippen molar-refractivity contribution in [2.45, 2.75) is 0 Å². The molecule has 0 saturated carbocycles. The first-order chi connectivity index (χ1) is 10.1. The Morgan fingerprint density at radius 3 is 2.57 bits per heavy atom. The molecule has 0 bridgehead atoms. The van der Waals surface area contributed by atoms with Gasteiger partial charge in [-0.15, -0.1) is 0 Å². The van der Waals surface area contributed by atoms with Crippen LogP contribution in [0.5, 0.6) is 0 Å². The van der Waals surface area contributed by atoms with Crippen LogP contribution in [-0.2, 0) is 0 Å². The fourth-order valence-corrected chi connectivity index (χ4v) is 2.12. The Hall–Kier alpha value is -2.95. The number of pyridine rings is 1. The highest BCUT2D eigenvalue weighted by Crippen LogP contribution is 2.23. The minimum atomic E-state index is -0.592. The molecule has 4 nitrogen and oxygen atoms in total. The second-order valence-electron chi connectivity index (χ2n) is 4.60. The Labute approximate surface area is 120 Å². The quantitative estimate of drug-likeness (QED) is 0.709. The van der Waals surface area contributed by atoms with E-state index in [-0.39, 0.29) is 5.69 Å². The molecule has 2 aromatic carbocycles. The molecule has 3 N–H and O–H groups in total. The fourth-order valence-electron chi connectivity index (χ4n) is 2.12. The van der Waals surface area contributed by atoms with Gasteiger partial charge in [-0.2, -0.15) is 0 Å². The van der Waals surface area contributed by atoms with E-state index in [0.717, 1.165) is 17.0 Å². The van der Waals surface area contributed by atoms with Crippen LogP contribution in [0.3, 0.4) is 0 Å². The van der Waals surface area contributed by atoms with Gasteiger partial charge in [-0.1, -0.05) is 24.3 Å². The van der Waals surface area contributed by atoms with E-state index < -0.39 is 11.7 Å². The first-order valence-corrected chi connectivity index (χ1v) is 6.34. The molecular formula is C16H12FN3O. The minimum Gasteiger partial charge on any atom is -0.398 e. The van der Waals surface area contributed by atoms with Gasteiger partial charge in [-0.3, -0.25) is 9.78 Å². The Balaban J connectivity index is 1.98. The summed E-state index contributed by atoms with van der Waals surface area (Å²) in [5.74, 6) is -1.05. The number of rotatable bonds is 2. The summed E-state index contributed by atoms with van der Waals surface area (Å²) in [5.41, 5.74) is 6.64. The average Bonchev–Trinajstić information content (AvgIpc) is 2.49. The van der Waals surface area contributed by atoms with Crippen molar-refractivity contribution in [3.8, 4) is 0 Å².